The number of benzene rings is 1. The molecule has 1 fully saturated rings. The molecule has 2 heterocycles. The molecule has 0 aliphatic heterocycles. The second kappa shape index (κ2) is 6.27. The van der Waals surface area contributed by atoms with Crippen LogP contribution < -0.4 is 0 Å². The smallest absolute Gasteiger partial charge is 0.137 e. The van der Waals surface area contributed by atoms with E-state index in [-0.39, 0.29) is 0 Å². The number of rotatable bonds is 3. The molecule has 0 bridgehead atoms. The normalized spacial score (nSPS) is 16.2. The number of hydrogen-bond acceptors (Lipinski definition) is 1. The molecule has 3 aromatic rings. The fourth-order valence-electron chi connectivity index (χ4n) is 3.93. The van der Waals surface area contributed by atoms with Crippen molar-refractivity contribution in [1.82, 2.24) is 9.97 Å². The third-order valence-corrected chi connectivity index (χ3v) is 5.02. The van der Waals surface area contributed by atoms with Gasteiger partial charge in [-0.3, -0.25) is 0 Å². The van der Waals surface area contributed by atoms with E-state index in [1.807, 2.05) is 12.3 Å². The summed E-state index contributed by atoms with van der Waals surface area (Å²) in [7, 11) is 0. The summed E-state index contributed by atoms with van der Waals surface area (Å²) >= 11 is 0. The minimum Gasteiger partial charge on any atom is -0.339 e. The molecule has 2 heteroatoms. The average molecular weight is 316 g/mol. The average Bonchev–Trinajstić information content (AvgIpc) is 3.20. The van der Waals surface area contributed by atoms with Crippen molar-refractivity contribution in [1.29, 1.82) is 0 Å². The molecule has 1 N–H and O–H groups in total. The summed E-state index contributed by atoms with van der Waals surface area (Å²) in [6.45, 7) is 4.35. The maximum Gasteiger partial charge on any atom is 0.137 e. The lowest BCUT2D eigenvalue weighted by atomic mass is 9.94. The summed E-state index contributed by atoms with van der Waals surface area (Å²) in [6.07, 6.45) is 9.68. The number of aromatic amines is 1. The van der Waals surface area contributed by atoms with Gasteiger partial charge in [-0.2, -0.15) is 0 Å². The van der Waals surface area contributed by atoms with Crippen LogP contribution in [0.4, 0.5) is 0 Å². The predicted molar refractivity (Wildman–Crippen MR) is 101 cm³/mol. The highest BCUT2D eigenvalue weighted by molar-refractivity contribution is 5.87. The predicted octanol–water partition coefficient (Wildman–Crippen LogP) is 5.80. The van der Waals surface area contributed by atoms with Crippen molar-refractivity contribution >= 4 is 16.6 Å². The van der Waals surface area contributed by atoms with Crippen LogP contribution in [-0.2, 0) is 0 Å². The molecule has 0 unspecified atom stereocenters. The summed E-state index contributed by atoms with van der Waals surface area (Å²) < 4.78 is 0. The minimum absolute atomic E-state index is 0.695. The van der Waals surface area contributed by atoms with Gasteiger partial charge in [0.15, 0.2) is 0 Å². The number of nitrogens with one attached hydrogen (secondary N) is 1. The highest BCUT2D eigenvalue weighted by atomic mass is 14.9. The van der Waals surface area contributed by atoms with Gasteiger partial charge in [-0.1, -0.05) is 48.2 Å². The molecular formula is C22H24N2. The first kappa shape index (κ1) is 15.2. The Kier molecular flexibility index (Phi) is 3.97. The van der Waals surface area contributed by atoms with Gasteiger partial charge in [0.1, 0.15) is 5.65 Å². The van der Waals surface area contributed by atoms with E-state index in [0.717, 1.165) is 5.65 Å². The number of fused-ring (bicyclic) bond motifs is 1. The van der Waals surface area contributed by atoms with Gasteiger partial charge < -0.3 is 4.98 Å². The van der Waals surface area contributed by atoms with Gasteiger partial charge in [-0.15, -0.1) is 0 Å². The van der Waals surface area contributed by atoms with E-state index < -0.39 is 0 Å². The number of aromatic nitrogens is 2. The van der Waals surface area contributed by atoms with Gasteiger partial charge in [0, 0.05) is 22.9 Å². The van der Waals surface area contributed by atoms with Gasteiger partial charge in [0.25, 0.3) is 0 Å². The molecule has 1 aromatic carbocycles. The maximum absolute atomic E-state index is 4.46. The zero-order valence-electron chi connectivity index (χ0n) is 14.5. The molecule has 0 radical (unpaired) electrons. The molecule has 1 aliphatic rings. The molecule has 4 rings (SSSR count). The van der Waals surface area contributed by atoms with Gasteiger partial charge >= 0.3 is 0 Å². The molecule has 2 nitrogen and oxygen atoms in total. The van der Waals surface area contributed by atoms with E-state index >= 15 is 0 Å². The number of nitrogens with zero attached hydrogens (tertiary/aromatic N) is 1. The van der Waals surface area contributed by atoms with E-state index in [1.54, 1.807) is 0 Å². The van der Waals surface area contributed by atoms with Crippen LogP contribution >= 0.6 is 0 Å². The van der Waals surface area contributed by atoms with Crippen LogP contribution in [-0.4, -0.2) is 9.97 Å². The van der Waals surface area contributed by atoms with Crippen LogP contribution in [0.3, 0.4) is 0 Å². The van der Waals surface area contributed by atoms with Crippen molar-refractivity contribution < 1.29 is 0 Å². The molecule has 122 valence electrons. The van der Waals surface area contributed by atoms with Crippen molar-refractivity contribution in [3.05, 3.63) is 71.1 Å². The van der Waals surface area contributed by atoms with E-state index in [0.29, 0.717) is 5.92 Å². The van der Waals surface area contributed by atoms with Crippen LogP contribution in [0.2, 0.25) is 0 Å². The molecule has 0 spiro atoms. The van der Waals surface area contributed by atoms with Crippen molar-refractivity contribution in [3.8, 4) is 0 Å². The van der Waals surface area contributed by atoms with E-state index in [1.165, 1.54) is 59.0 Å². The minimum atomic E-state index is 0.695. The summed E-state index contributed by atoms with van der Waals surface area (Å²) in [6, 6.07) is 13.2. The lowest BCUT2D eigenvalue weighted by Gasteiger charge is -2.12. The van der Waals surface area contributed by atoms with Crippen molar-refractivity contribution in [3.63, 3.8) is 0 Å². The SMILES string of the molecule is Cc1cc(C)cc(/C(=C\C2CCCC2)c2cc3cccnc3[nH]2)c1. The van der Waals surface area contributed by atoms with Gasteiger partial charge in [0.2, 0.25) is 0 Å². The second-order valence-corrected chi connectivity index (χ2v) is 7.13. The number of allylic oxidation sites excluding steroid dienone is 1. The summed E-state index contributed by atoms with van der Waals surface area (Å²) in [5.74, 6) is 0.695. The quantitative estimate of drug-likeness (QED) is 0.650. The standard InChI is InChI=1S/C22H24N2/c1-15-10-16(2)12-19(11-15)20(13-17-6-3-4-7-17)21-14-18-8-5-9-23-22(18)24-21/h5,8-14,17H,3-4,6-7H2,1-2H3,(H,23,24)/b20-13+. The Hall–Kier alpha value is -2.35. The fourth-order valence-corrected chi connectivity index (χ4v) is 3.93. The van der Waals surface area contributed by atoms with Crippen LogP contribution in [0.1, 0.15) is 48.1 Å². The van der Waals surface area contributed by atoms with Crippen LogP contribution in [0.5, 0.6) is 0 Å². The molecule has 24 heavy (non-hydrogen) atoms. The molecule has 0 atom stereocenters. The van der Waals surface area contributed by atoms with E-state index in [9.17, 15) is 0 Å². The Morgan fingerprint density at radius 1 is 1.08 bits per heavy atom. The fraction of sp³-hybridized carbons (Fsp3) is 0.318. The third kappa shape index (κ3) is 3.01. The first-order valence-corrected chi connectivity index (χ1v) is 8.94. The first-order chi connectivity index (χ1) is 11.7. The molecule has 0 saturated heterocycles. The zero-order valence-corrected chi connectivity index (χ0v) is 14.5. The Balaban J connectivity index is 1.86. The van der Waals surface area contributed by atoms with Gasteiger partial charge in [-0.25, -0.2) is 4.98 Å². The monoisotopic (exact) mass is 316 g/mol. The lowest BCUT2D eigenvalue weighted by molar-refractivity contribution is 0.687. The number of H-pyrrole nitrogens is 1. The Labute approximate surface area is 143 Å². The van der Waals surface area contributed by atoms with Crippen LogP contribution in [0.15, 0.2) is 48.7 Å². The van der Waals surface area contributed by atoms with Crippen molar-refractivity contribution in [2.75, 3.05) is 0 Å². The molecule has 0 amide bonds. The highest BCUT2D eigenvalue weighted by Crippen LogP contribution is 2.33. The van der Waals surface area contributed by atoms with Gasteiger partial charge in [0.05, 0.1) is 0 Å². The summed E-state index contributed by atoms with van der Waals surface area (Å²) in [5.41, 5.74) is 7.42. The van der Waals surface area contributed by atoms with Crippen molar-refractivity contribution in [2.45, 2.75) is 39.5 Å². The van der Waals surface area contributed by atoms with Crippen molar-refractivity contribution in [2.24, 2.45) is 5.92 Å². The Morgan fingerprint density at radius 2 is 1.83 bits per heavy atom. The Morgan fingerprint density at radius 3 is 2.54 bits per heavy atom. The number of aryl methyl sites for hydroxylation is 2. The lowest BCUT2D eigenvalue weighted by Crippen LogP contribution is -1.95. The van der Waals surface area contributed by atoms with Crippen LogP contribution in [0, 0.1) is 19.8 Å². The molecule has 2 aromatic heterocycles. The molecule has 1 saturated carbocycles. The highest BCUT2D eigenvalue weighted by Gasteiger charge is 2.17. The van der Waals surface area contributed by atoms with E-state index in [2.05, 4.69) is 60.2 Å². The topological polar surface area (TPSA) is 28.7 Å². The Bertz CT molecular complexity index is 842. The third-order valence-electron chi connectivity index (χ3n) is 5.02. The maximum atomic E-state index is 4.46. The molecule has 1 aliphatic carbocycles. The first-order valence-electron chi connectivity index (χ1n) is 8.94. The number of pyridine rings is 1. The molecular weight excluding hydrogens is 292 g/mol. The summed E-state index contributed by atoms with van der Waals surface area (Å²) in [4.78, 5) is 7.99. The van der Waals surface area contributed by atoms with Gasteiger partial charge in [-0.05, 0) is 56.4 Å². The largest absolute Gasteiger partial charge is 0.339 e. The zero-order chi connectivity index (χ0) is 16.5. The summed E-state index contributed by atoms with van der Waals surface area (Å²) in [5, 5.41) is 1.18. The second-order valence-electron chi connectivity index (χ2n) is 7.13. The van der Waals surface area contributed by atoms with Crippen LogP contribution in [0.25, 0.3) is 16.6 Å². The van der Waals surface area contributed by atoms with E-state index in [4.69, 9.17) is 0 Å². The number of hydrogen-bond donors (Lipinski definition) is 1.